The quantitative estimate of drug-likeness (QED) is 0.782. The number of aromatic nitrogens is 2. The largest absolute Gasteiger partial charge is 0.451 e. The fourth-order valence-corrected chi connectivity index (χ4v) is 3.41. The molecule has 1 atom stereocenters. The summed E-state index contributed by atoms with van der Waals surface area (Å²) in [7, 11) is 0. The van der Waals surface area contributed by atoms with Crippen LogP contribution in [0.15, 0.2) is 34.9 Å². The van der Waals surface area contributed by atoms with Gasteiger partial charge in [0.25, 0.3) is 5.91 Å². The van der Waals surface area contributed by atoms with Gasteiger partial charge >= 0.3 is 0 Å². The zero-order valence-corrected chi connectivity index (χ0v) is 13.8. The first-order valence-electron chi connectivity index (χ1n) is 8.25. The van der Waals surface area contributed by atoms with Crippen LogP contribution in [-0.4, -0.2) is 15.9 Å². The van der Waals surface area contributed by atoms with Crippen LogP contribution in [0.5, 0.6) is 0 Å². The fraction of sp³-hybridized carbons (Fsp3) is 0.316. The number of carbonyl (C=O) groups excluding carboxylic acids is 1. The van der Waals surface area contributed by atoms with E-state index in [2.05, 4.69) is 15.3 Å². The van der Waals surface area contributed by atoms with Gasteiger partial charge < -0.3 is 9.73 Å². The smallest absolute Gasteiger partial charge is 0.287 e. The summed E-state index contributed by atoms with van der Waals surface area (Å²) in [6.07, 6.45) is 4.68. The molecule has 1 aromatic carbocycles. The minimum atomic E-state index is -0.179. The maximum atomic E-state index is 12.7. The van der Waals surface area contributed by atoms with Crippen LogP contribution in [0.4, 0.5) is 0 Å². The number of aryl methyl sites for hydroxylation is 3. The van der Waals surface area contributed by atoms with Crippen molar-refractivity contribution in [3.63, 3.8) is 0 Å². The molecular formula is C19H19N3O2. The Balaban J connectivity index is 1.64. The maximum Gasteiger partial charge on any atom is 0.287 e. The van der Waals surface area contributed by atoms with Crippen molar-refractivity contribution in [2.45, 2.75) is 39.2 Å². The zero-order chi connectivity index (χ0) is 16.7. The normalized spacial score (nSPS) is 16.8. The van der Waals surface area contributed by atoms with Crippen LogP contribution in [0.1, 0.15) is 52.1 Å². The van der Waals surface area contributed by atoms with Crippen molar-refractivity contribution in [2.24, 2.45) is 0 Å². The summed E-state index contributed by atoms with van der Waals surface area (Å²) in [5.74, 6) is 0.979. The Labute approximate surface area is 140 Å². The molecule has 0 saturated carbocycles. The highest BCUT2D eigenvalue weighted by molar-refractivity contribution is 5.99. The summed E-state index contributed by atoms with van der Waals surface area (Å²) in [5, 5.41) is 4.08. The molecule has 3 aromatic rings. The SMILES string of the molecule is Cc1ncc2c(n1)CCC[C@@H]2NC(=O)c1oc2ccccc2c1C. The zero-order valence-electron chi connectivity index (χ0n) is 13.8. The molecule has 1 amide bonds. The predicted molar refractivity (Wildman–Crippen MR) is 90.9 cm³/mol. The van der Waals surface area contributed by atoms with Gasteiger partial charge in [-0.05, 0) is 39.2 Å². The van der Waals surface area contributed by atoms with E-state index in [0.29, 0.717) is 5.76 Å². The summed E-state index contributed by atoms with van der Waals surface area (Å²) in [6.45, 7) is 3.81. The molecule has 122 valence electrons. The van der Waals surface area contributed by atoms with Gasteiger partial charge in [0.2, 0.25) is 0 Å². The second kappa shape index (κ2) is 5.74. The molecule has 2 heterocycles. The first kappa shape index (κ1) is 14.9. The lowest BCUT2D eigenvalue weighted by Crippen LogP contribution is -2.31. The van der Waals surface area contributed by atoms with Gasteiger partial charge in [-0.15, -0.1) is 0 Å². The topological polar surface area (TPSA) is 68.0 Å². The molecule has 5 nitrogen and oxygen atoms in total. The lowest BCUT2D eigenvalue weighted by Gasteiger charge is -2.25. The van der Waals surface area contributed by atoms with Gasteiger partial charge in [-0.3, -0.25) is 4.79 Å². The minimum absolute atomic E-state index is 0.0607. The number of rotatable bonds is 2. The summed E-state index contributed by atoms with van der Waals surface area (Å²) >= 11 is 0. The number of amides is 1. The van der Waals surface area contributed by atoms with Crippen LogP contribution < -0.4 is 5.32 Å². The molecule has 0 bridgehead atoms. The van der Waals surface area contributed by atoms with E-state index in [1.165, 1.54) is 0 Å². The molecule has 0 radical (unpaired) electrons. The first-order chi connectivity index (χ1) is 11.6. The van der Waals surface area contributed by atoms with Crippen LogP contribution in [0.25, 0.3) is 11.0 Å². The second-order valence-electron chi connectivity index (χ2n) is 6.29. The molecule has 0 aliphatic heterocycles. The number of hydrogen-bond donors (Lipinski definition) is 1. The number of fused-ring (bicyclic) bond motifs is 2. The molecule has 5 heteroatoms. The van der Waals surface area contributed by atoms with Crippen molar-refractivity contribution in [1.29, 1.82) is 0 Å². The van der Waals surface area contributed by atoms with Crippen molar-refractivity contribution < 1.29 is 9.21 Å². The summed E-state index contributed by atoms with van der Waals surface area (Å²) in [5.41, 5.74) is 3.68. The third-order valence-corrected chi connectivity index (χ3v) is 4.66. The minimum Gasteiger partial charge on any atom is -0.451 e. The van der Waals surface area contributed by atoms with E-state index in [4.69, 9.17) is 4.42 Å². The Morgan fingerprint density at radius 1 is 1.29 bits per heavy atom. The Bertz CT molecular complexity index is 930. The molecule has 2 aromatic heterocycles. The van der Waals surface area contributed by atoms with E-state index in [1.807, 2.05) is 44.3 Å². The highest BCUT2D eigenvalue weighted by atomic mass is 16.3. The van der Waals surface area contributed by atoms with E-state index >= 15 is 0 Å². The molecule has 0 unspecified atom stereocenters. The Morgan fingerprint density at radius 3 is 2.96 bits per heavy atom. The average molecular weight is 321 g/mol. The van der Waals surface area contributed by atoms with Crippen LogP contribution in [0.3, 0.4) is 0 Å². The first-order valence-corrected chi connectivity index (χ1v) is 8.25. The van der Waals surface area contributed by atoms with E-state index < -0.39 is 0 Å². The van der Waals surface area contributed by atoms with E-state index in [-0.39, 0.29) is 11.9 Å². The predicted octanol–water partition coefficient (Wildman–Crippen LogP) is 3.65. The second-order valence-corrected chi connectivity index (χ2v) is 6.29. The van der Waals surface area contributed by atoms with Crippen molar-refractivity contribution in [2.75, 3.05) is 0 Å². The van der Waals surface area contributed by atoms with E-state index in [0.717, 1.165) is 52.9 Å². The highest BCUT2D eigenvalue weighted by Crippen LogP contribution is 2.30. The lowest BCUT2D eigenvalue weighted by atomic mass is 9.92. The van der Waals surface area contributed by atoms with Gasteiger partial charge in [-0.1, -0.05) is 18.2 Å². The number of furan rings is 1. The number of nitrogens with one attached hydrogen (secondary N) is 1. The van der Waals surface area contributed by atoms with Crippen molar-refractivity contribution in [3.05, 3.63) is 58.9 Å². The van der Waals surface area contributed by atoms with Crippen LogP contribution in [0.2, 0.25) is 0 Å². The molecule has 4 rings (SSSR count). The van der Waals surface area contributed by atoms with Gasteiger partial charge in [0, 0.05) is 28.4 Å². The Hall–Kier alpha value is -2.69. The summed E-state index contributed by atoms with van der Waals surface area (Å²) in [4.78, 5) is 21.5. The average Bonchev–Trinajstić information content (AvgIpc) is 2.92. The summed E-state index contributed by atoms with van der Waals surface area (Å²) in [6, 6.07) is 7.64. The van der Waals surface area contributed by atoms with Gasteiger partial charge in [0.15, 0.2) is 5.76 Å². The van der Waals surface area contributed by atoms with Crippen LogP contribution >= 0.6 is 0 Å². The third-order valence-electron chi connectivity index (χ3n) is 4.66. The lowest BCUT2D eigenvalue weighted by molar-refractivity contribution is 0.0905. The molecule has 1 aliphatic carbocycles. The number of hydrogen-bond acceptors (Lipinski definition) is 4. The highest BCUT2D eigenvalue weighted by Gasteiger charge is 2.26. The standard InChI is InChI=1S/C19H19N3O2/c1-11-13-6-3-4-9-17(13)24-18(11)19(23)22-16-8-5-7-15-14(16)10-20-12(2)21-15/h3-4,6,9-10,16H,5,7-8H2,1-2H3,(H,22,23)/t16-/m0/s1. The number of benzene rings is 1. The molecule has 0 saturated heterocycles. The Morgan fingerprint density at radius 2 is 2.12 bits per heavy atom. The molecule has 1 N–H and O–H groups in total. The van der Waals surface area contributed by atoms with Gasteiger partial charge in [-0.2, -0.15) is 0 Å². The van der Waals surface area contributed by atoms with Crippen LogP contribution in [-0.2, 0) is 6.42 Å². The summed E-state index contributed by atoms with van der Waals surface area (Å²) < 4.78 is 5.77. The maximum absolute atomic E-state index is 12.7. The van der Waals surface area contributed by atoms with Crippen molar-refractivity contribution in [3.8, 4) is 0 Å². The fourth-order valence-electron chi connectivity index (χ4n) is 3.41. The van der Waals surface area contributed by atoms with Gasteiger partial charge in [-0.25, -0.2) is 9.97 Å². The number of para-hydroxylation sites is 1. The number of nitrogens with zero attached hydrogens (tertiary/aromatic N) is 2. The number of carbonyl (C=O) groups is 1. The van der Waals surface area contributed by atoms with Crippen molar-refractivity contribution >= 4 is 16.9 Å². The molecule has 0 spiro atoms. The monoisotopic (exact) mass is 321 g/mol. The molecule has 1 aliphatic rings. The van der Waals surface area contributed by atoms with Crippen LogP contribution in [0, 0.1) is 13.8 Å². The van der Waals surface area contributed by atoms with Gasteiger partial charge in [0.1, 0.15) is 11.4 Å². The molecular weight excluding hydrogens is 302 g/mol. The third kappa shape index (κ3) is 2.46. The van der Waals surface area contributed by atoms with E-state index in [1.54, 1.807) is 0 Å². The van der Waals surface area contributed by atoms with E-state index in [9.17, 15) is 4.79 Å². The van der Waals surface area contributed by atoms with Gasteiger partial charge in [0.05, 0.1) is 6.04 Å². The van der Waals surface area contributed by atoms with Crippen molar-refractivity contribution in [1.82, 2.24) is 15.3 Å². The Kier molecular flexibility index (Phi) is 3.56. The molecule has 24 heavy (non-hydrogen) atoms. The molecule has 0 fully saturated rings.